The summed E-state index contributed by atoms with van der Waals surface area (Å²) in [6.45, 7) is 1.35. The molecule has 0 aliphatic carbocycles. The Morgan fingerprint density at radius 1 is 1.40 bits per heavy atom. The van der Waals surface area contributed by atoms with Gasteiger partial charge in [0.2, 0.25) is 0 Å². The molecular formula is C10H10F2O3. The minimum Gasteiger partial charge on any atom is -0.505 e. The van der Waals surface area contributed by atoms with Crippen LogP contribution in [-0.4, -0.2) is 16.2 Å². The van der Waals surface area contributed by atoms with Crippen molar-refractivity contribution in [3.05, 3.63) is 29.3 Å². The van der Waals surface area contributed by atoms with E-state index in [1.807, 2.05) is 0 Å². The second kappa shape index (κ2) is 4.25. The Morgan fingerprint density at radius 3 is 2.47 bits per heavy atom. The summed E-state index contributed by atoms with van der Waals surface area (Å²) >= 11 is 0. The monoisotopic (exact) mass is 216 g/mol. The Balaban J connectivity index is 3.03. The van der Waals surface area contributed by atoms with Crippen LogP contribution < -0.4 is 0 Å². The van der Waals surface area contributed by atoms with Crippen LogP contribution in [-0.2, 0) is 11.2 Å². The molecule has 0 radical (unpaired) electrons. The van der Waals surface area contributed by atoms with Gasteiger partial charge in [0.15, 0.2) is 11.6 Å². The molecule has 0 amide bonds. The minimum atomic E-state index is -1.13. The van der Waals surface area contributed by atoms with Gasteiger partial charge in [-0.3, -0.25) is 4.79 Å². The van der Waals surface area contributed by atoms with Crippen LogP contribution in [0.25, 0.3) is 0 Å². The highest BCUT2D eigenvalue weighted by atomic mass is 19.1. The Hall–Kier alpha value is -1.65. The standard InChI is InChI=1S/C10H10F2O3/c1-5(10(14)15)4-6-7(11)2-3-8(12)9(6)13/h2-3,5,13H,4H2,1H3,(H,14,15). The molecule has 0 fully saturated rings. The number of phenols is 1. The lowest BCUT2D eigenvalue weighted by Crippen LogP contribution is -2.13. The van der Waals surface area contributed by atoms with E-state index in [1.54, 1.807) is 0 Å². The van der Waals surface area contributed by atoms with Crippen LogP contribution in [0.5, 0.6) is 5.75 Å². The first-order valence-electron chi connectivity index (χ1n) is 4.32. The van der Waals surface area contributed by atoms with Gasteiger partial charge in [0.25, 0.3) is 0 Å². The highest BCUT2D eigenvalue weighted by Crippen LogP contribution is 2.26. The Morgan fingerprint density at radius 2 is 1.93 bits per heavy atom. The normalized spacial score (nSPS) is 12.5. The molecule has 0 aliphatic rings. The van der Waals surface area contributed by atoms with Crippen molar-refractivity contribution in [1.29, 1.82) is 0 Å². The van der Waals surface area contributed by atoms with Gasteiger partial charge in [-0.25, -0.2) is 8.78 Å². The van der Waals surface area contributed by atoms with Crippen molar-refractivity contribution in [2.24, 2.45) is 5.92 Å². The Kier molecular flexibility index (Phi) is 3.24. The molecule has 3 nitrogen and oxygen atoms in total. The summed E-state index contributed by atoms with van der Waals surface area (Å²) in [5.74, 6) is -4.58. The first kappa shape index (κ1) is 11.4. The van der Waals surface area contributed by atoms with E-state index in [0.717, 1.165) is 12.1 Å². The molecule has 0 saturated carbocycles. The van der Waals surface area contributed by atoms with Crippen molar-refractivity contribution in [2.75, 3.05) is 0 Å². The number of aromatic hydroxyl groups is 1. The first-order valence-corrected chi connectivity index (χ1v) is 4.32. The van der Waals surface area contributed by atoms with Crippen molar-refractivity contribution >= 4 is 5.97 Å². The zero-order chi connectivity index (χ0) is 11.6. The molecule has 0 aromatic heterocycles. The van der Waals surface area contributed by atoms with Crippen LogP contribution in [0.3, 0.4) is 0 Å². The van der Waals surface area contributed by atoms with Crippen LogP contribution in [0, 0.1) is 17.6 Å². The van der Waals surface area contributed by atoms with Gasteiger partial charge in [-0.2, -0.15) is 0 Å². The topological polar surface area (TPSA) is 57.5 Å². The second-order valence-electron chi connectivity index (χ2n) is 3.30. The number of halogens is 2. The van der Waals surface area contributed by atoms with E-state index in [0.29, 0.717) is 0 Å². The summed E-state index contributed by atoms with van der Waals surface area (Å²) in [7, 11) is 0. The molecule has 1 atom stereocenters. The molecule has 1 unspecified atom stereocenters. The lowest BCUT2D eigenvalue weighted by molar-refractivity contribution is -0.141. The van der Waals surface area contributed by atoms with Crippen molar-refractivity contribution in [2.45, 2.75) is 13.3 Å². The van der Waals surface area contributed by atoms with Crippen molar-refractivity contribution in [3.63, 3.8) is 0 Å². The lowest BCUT2D eigenvalue weighted by Gasteiger charge is -2.09. The SMILES string of the molecule is CC(Cc1c(F)ccc(F)c1O)C(=O)O. The summed E-state index contributed by atoms with van der Waals surface area (Å²) in [5, 5.41) is 17.8. The highest BCUT2D eigenvalue weighted by molar-refractivity contribution is 5.70. The summed E-state index contributed by atoms with van der Waals surface area (Å²) in [6, 6.07) is 1.65. The van der Waals surface area contributed by atoms with Crippen molar-refractivity contribution in [3.8, 4) is 5.75 Å². The van der Waals surface area contributed by atoms with Crippen LogP contribution in [0.1, 0.15) is 12.5 Å². The smallest absolute Gasteiger partial charge is 0.306 e. The fourth-order valence-electron chi connectivity index (χ4n) is 1.17. The molecule has 5 heteroatoms. The van der Waals surface area contributed by atoms with Gasteiger partial charge >= 0.3 is 5.97 Å². The zero-order valence-corrected chi connectivity index (χ0v) is 8.00. The zero-order valence-electron chi connectivity index (χ0n) is 8.00. The van der Waals surface area contributed by atoms with Crippen LogP contribution >= 0.6 is 0 Å². The molecular weight excluding hydrogens is 206 g/mol. The third-order valence-electron chi connectivity index (χ3n) is 2.11. The number of carboxylic acids is 1. The maximum atomic E-state index is 13.1. The number of rotatable bonds is 3. The van der Waals surface area contributed by atoms with Gasteiger partial charge in [0.05, 0.1) is 5.92 Å². The van der Waals surface area contributed by atoms with E-state index in [9.17, 15) is 18.7 Å². The third-order valence-corrected chi connectivity index (χ3v) is 2.11. The number of aliphatic carboxylic acids is 1. The van der Waals surface area contributed by atoms with Gasteiger partial charge in [-0.1, -0.05) is 6.92 Å². The maximum absolute atomic E-state index is 13.1. The fraction of sp³-hybridized carbons (Fsp3) is 0.300. The predicted octanol–water partition coefficient (Wildman–Crippen LogP) is 1.93. The molecule has 1 rings (SSSR count). The van der Waals surface area contributed by atoms with Gasteiger partial charge < -0.3 is 10.2 Å². The van der Waals surface area contributed by atoms with Crippen molar-refractivity contribution < 1.29 is 23.8 Å². The summed E-state index contributed by atoms with van der Waals surface area (Å²) in [4.78, 5) is 10.5. The number of benzene rings is 1. The molecule has 0 spiro atoms. The largest absolute Gasteiger partial charge is 0.505 e. The van der Waals surface area contributed by atoms with E-state index in [4.69, 9.17) is 5.11 Å². The van der Waals surface area contributed by atoms with Crippen LogP contribution in [0.2, 0.25) is 0 Å². The number of hydrogen-bond donors (Lipinski definition) is 2. The fourth-order valence-corrected chi connectivity index (χ4v) is 1.17. The summed E-state index contributed by atoms with van der Waals surface area (Å²) in [6.07, 6.45) is -0.245. The van der Waals surface area contributed by atoms with Gasteiger partial charge in [-0.05, 0) is 18.6 Å². The number of carboxylic acid groups (broad SMARTS) is 1. The molecule has 1 aromatic rings. The Labute approximate surface area is 85.0 Å². The number of carbonyl (C=O) groups is 1. The minimum absolute atomic E-state index is 0.245. The van der Waals surface area contributed by atoms with E-state index < -0.39 is 29.3 Å². The number of phenolic OH excluding ortho intramolecular Hbond substituents is 1. The van der Waals surface area contributed by atoms with Crippen molar-refractivity contribution in [1.82, 2.24) is 0 Å². The Bertz CT molecular complexity index is 390. The second-order valence-corrected chi connectivity index (χ2v) is 3.30. The maximum Gasteiger partial charge on any atom is 0.306 e. The van der Waals surface area contributed by atoms with Gasteiger partial charge in [0.1, 0.15) is 5.82 Å². The molecule has 1 aromatic carbocycles. The van der Waals surface area contributed by atoms with E-state index >= 15 is 0 Å². The average molecular weight is 216 g/mol. The molecule has 15 heavy (non-hydrogen) atoms. The van der Waals surface area contributed by atoms with Gasteiger partial charge in [-0.15, -0.1) is 0 Å². The first-order chi connectivity index (χ1) is 6.93. The van der Waals surface area contributed by atoms with E-state index in [2.05, 4.69) is 0 Å². The highest BCUT2D eigenvalue weighted by Gasteiger charge is 2.19. The van der Waals surface area contributed by atoms with Gasteiger partial charge in [0, 0.05) is 5.56 Å². The quantitative estimate of drug-likeness (QED) is 0.811. The lowest BCUT2D eigenvalue weighted by atomic mass is 10.00. The molecule has 82 valence electrons. The average Bonchev–Trinajstić information content (AvgIpc) is 2.18. The molecule has 2 N–H and O–H groups in total. The van der Waals surface area contributed by atoms with E-state index in [1.165, 1.54) is 6.92 Å². The van der Waals surface area contributed by atoms with Crippen LogP contribution in [0.15, 0.2) is 12.1 Å². The number of hydrogen-bond acceptors (Lipinski definition) is 2. The van der Waals surface area contributed by atoms with E-state index in [-0.39, 0.29) is 12.0 Å². The third kappa shape index (κ3) is 2.43. The molecule has 0 heterocycles. The summed E-state index contributed by atoms with van der Waals surface area (Å²) < 4.78 is 26.0. The summed E-state index contributed by atoms with van der Waals surface area (Å²) in [5.41, 5.74) is -0.301. The molecule has 0 bridgehead atoms. The molecule has 0 saturated heterocycles. The van der Waals surface area contributed by atoms with Crippen LogP contribution in [0.4, 0.5) is 8.78 Å². The molecule has 0 aliphatic heterocycles. The predicted molar refractivity (Wildman–Crippen MR) is 48.5 cm³/mol.